The molecule has 128 valence electrons. The molecule has 1 unspecified atom stereocenters. The molecule has 0 bridgehead atoms. The molecule has 3 amide bonds. The van der Waals surface area contributed by atoms with E-state index in [9.17, 15) is 24.5 Å². The number of hydrogen-bond donors (Lipinski definition) is 0. The zero-order valence-corrected chi connectivity index (χ0v) is 13.4. The minimum Gasteiger partial charge on any atom is -0.784 e. The number of carbonyl (C=O) groups excluding carboxylic acids is 3. The van der Waals surface area contributed by atoms with Gasteiger partial charge in [0, 0.05) is 23.9 Å². The van der Waals surface area contributed by atoms with Gasteiger partial charge in [0.25, 0.3) is 11.8 Å². The maximum atomic E-state index is 12.3. The van der Waals surface area contributed by atoms with Crippen molar-refractivity contribution in [3.63, 3.8) is 0 Å². The van der Waals surface area contributed by atoms with Gasteiger partial charge in [0.15, 0.2) is 0 Å². The second-order valence-corrected chi connectivity index (χ2v) is 6.85. The molecule has 0 spiro atoms. The molecule has 2 heterocycles. The predicted octanol–water partition coefficient (Wildman–Crippen LogP) is 1.30. The third kappa shape index (κ3) is 2.79. The van der Waals surface area contributed by atoms with Crippen molar-refractivity contribution in [3.05, 3.63) is 10.1 Å². The first-order chi connectivity index (χ1) is 10.5. The number of amides is 3. The fourth-order valence-corrected chi connectivity index (χ4v) is 3.10. The standard InChI is InChI=1S/C13H19N4O6/c1-12(2)7-8(13(3,4)17(12)22)15(14-21)11(20)23-16-9(18)5-6-10(16)19/h8H,5-7H2,1-4H3/q-1. The van der Waals surface area contributed by atoms with Gasteiger partial charge in [-0.05, 0) is 34.1 Å². The number of rotatable bonds is 3. The topological polar surface area (TPSA) is 123 Å². The molecule has 0 aromatic rings. The lowest BCUT2D eigenvalue weighted by Gasteiger charge is -2.47. The molecule has 0 aliphatic carbocycles. The summed E-state index contributed by atoms with van der Waals surface area (Å²) < 4.78 is 0. The number of nitroso groups, excluding NO2 is 1. The lowest BCUT2D eigenvalue weighted by atomic mass is 9.94. The number of nitrogens with zero attached hydrogens (tertiary/aromatic N) is 4. The number of imide groups is 1. The van der Waals surface area contributed by atoms with E-state index in [2.05, 4.69) is 5.29 Å². The molecule has 2 aliphatic heterocycles. The highest BCUT2D eigenvalue weighted by molar-refractivity contribution is 6.01. The van der Waals surface area contributed by atoms with Crippen molar-refractivity contribution in [3.8, 4) is 0 Å². The molecule has 1 atom stereocenters. The van der Waals surface area contributed by atoms with Crippen LogP contribution < -0.4 is 0 Å². The Hall–Kier alpha value is -2.07. The Bertz CT molecular complexity index is 545. The summed E-state index contributed by atoms with van der Waals surface area (Å²) in [7, 11) is 0. The van der Waals surface area contributed by atoms with Crippen molar-refractivity contribution in [2.24, 2.45) is 5.29 Å². The van der Waals surface area contributed by atoms with Gasteiger partial charge in [-0.15, -0.1) is 9.97 Å². The Morgan fingerprint density at radius 3 is 2.17 bits per heavy atom. The monoisotopic (exact) mass is 327 g/mol. The van der Waals surface area contributed by atoms with E-state index in [0.29, 0.717) is 10.1 Å². The number of hydrogen-bond acceptors (Lipinski definition) is 8. The summed E-state index contributed by atoms with van der Waals surface area (Å²) in [4.78, 5) is 51.0. The molecule has 2 fully saturated rings. The van der Waals surface area contributed by atoms with Crippen LogP contribution in [0.25, 0.3) is 0 Å². The highest BCUT2D eigenvalue weighted by Gasteiger charge is 2.52. The maximum Gasteiger partial charge on any atom is 0.458 e. The summed E-state index contributed by atoms with van der Waals surface area (Å²) in [6.07, 6.45) is -1.19. The Labute approximate surface area is 132 Å². The summed E-state index contributed by atoms with van der Waals surface area (Å²) in [5.74, 6) is -1.32. The summed E-state index contributed by atoms with van der Waals surface area (Å²) >= 11 is 0. The largest absolute Gasteiger partial charge is 0.784 e. The van der Waals surface area contributed by atoms with Crippen LogP contribution in [0.15, 0.2) is 5.29 Å². The van der Waals surface area contributed by atoms with Crippen molar-refractivity contribution in [2.45, 2.75) is 64.1 Å². The first-order valence-electron chi connectivity index (χ1n) is 7.20. The predicted molar refractivity (Wildman–Crippen MR) is 77.0 cm³/mol. The molecule has 10 heteroatoms. The summed E-state index contributed by atoms with van der Waals surface area (Å²) in [5.41, 5.74) is -1.90. The Balaban J connectivity index is 2.19. The number of hydroxylamine groups is 4. The van der Waals surface area contributed by atoms with Gasteiger partial charge in [0.2, 0.25) is 0 Å². The van der Waals surface area contributed by atoms with Gasteiger partial charge in [-0.1, -0.05) is 0 Å². The molecule has 10 nitrogen and oxygen atoms in total. The van der Waals surface area contributed by atoms with E-state index in [0.717, 1.165) is 5.06 Å². The quantitative estimate of drug-likeness (QED) is 0.435. The first-order valence-corrected chi connectivity index (χ1v) is 7.20. The van der Waals surface area contributed by atoms with Crippen LogP contribution in [0.3, 0.4) is 0 Å². The van der Waals surface area contributed by atoms with E-state index in [1.54, 1.807) is 27.7 Å². The molecule has 0 aromatic heterocycles. The van der Waals surface area contributed by atoms with E-state index in [-0.39, 0.29) is 19.3 Å². The molecular weight excluding hydrogens is 308 g/mol. The SMILES string of the molecule is CC1(C)CC(N(N=O)C(=O)ON2C(=O)CCC2=O)C(C)(C)N1[O-]. The van der Waals surface area contributed by atoms with Crippen molar-refractivity contribution in [1.82, 2.24) is 15.1 Å². The second kappa shape index (κ2) is 5.53. The molecule has 0 N–H and O–H groups in total. The van der Waals surface area contributed by atoms with Crippen molar-refractivity contribution in [2.75, 3.05) is 0 Å². The third-order valence-corrected chi connectivity index (χ3v) is 4.33. The van der Waals surface area contributed by atoms with Gasteiger partial charge >= 0.3 is 6.09 Å². The average Bonchev–Trinajstić information content (AvgIpc) is 2.84. The molecule has 0 saturated carbocycles. The maximum absolute atomic E-state index is 12.3. The first kappa shape index (κ1) is 17.3. The molecule has 2 rings (SSSR count). The lowest BCUT2D eigenvalue weighted by molar-refractivity contribution is -0.174. The molecule has 23 heavy (non-hydrogen) atoms. The molecule has 2 saturated heterocycles. The van der Waals surface area contributed by atoms with Gasteiger partial charge in [0.1, 0.15) is 0 Å². The van der Waals surface area contributed by atoms with Crippen LogP contribution in [-0.4, -0.2) is 50.2 Å². The zero-order chi connectivity index (χ0) is 17.6. The zero-order valence-electron chi connectivity index (χ0n) is 13.4. The van der Waals surface area contributed by atoms with E-state index >= 15 is 0 Å². The molecule has 0 aromatic carbocycles. The van der Waals surface area contributed by atoms with E-state index in [1.165, 1.54) is 0 Å². The molecule has 0 radical (unpaired) electrons. The van der Waals surface area contributed by atoms with Gasteiger partial charge in [-0.25, -0.2) is 4.79 Å². The van der Waals surface area contributed by atoms with Crippen LogP contribution in [0.4, 0.5) is 4.79 Å². The van der Waals surface area contributed by atoms with Crippen molar-refractivity contribution >= 4 is 17.9 Å². The van der Waals surface area contributed by atoms with Gasteiger partial charge < -0.3 is 15.1 Å². The van der Waals surface area contributed by atoms with Crippen LogP contribution in [0.2, 0.25) is 0 Å². The fourth-order valence-electron chi connectivity index (χ4n) is 3.10. The van der Waals surface area contributed by atoms with Gasteiger partial charge in [-0.3, -0.25) is 9.59 Å². The lowest BCUT2D eigenvalue weighted by Crippen LogP contribution is -2.53. The smallest absolute Gasteiger partial charge is 0.458 e. The van der Waals surface area contributed by atoms with Crippen LogP contribution in [0.1, 0.15) is 47.0 Å². The van der Waals surface area contributed by atoms with Crippen molar-refractivity contribution < 1.29 is 19.2 Å². The van der Waals surface area contributed by atoms with E-state index in [4.69, 9.17) is 4.84 Å². The van der Waals surface area contributed by atoms with Crippen LogP contribution in [0.5, 0.6) is 0 Å². The Kier molecular flexibility index (Phi) is 4.16. The van der Waals surface area contributed by atoms with Crippen molar-refractivity contribution in [1.29, 1.82) is 0 Å². The Morgan fingerprint density at radius 1 is 1.26 bits per heavy atom. The average molecular weight is 327 g/mol. The fraction of sp³-hybridized carbons (Fsp3) is 0.769. The minimum atomic E-state index is -1.26. The van der Waals surface area contributed by atoms with E-state index < -0.39 is 35.0 Å². The normalized spacial score (nSPS) is 26.5. The summed E-state index contributed by atoms with van der Waals surface area (Å²) in [6.45, 7) is 6.53. The number of carbonyl (C=O) groups is 3. The highest BCUT2D eigenvalue weighted by atomic mass is 16.7. The Morgan fingerprint density at radius 2 is 1.78 bits per heavy atom. The summed E-state index contributed by atoms with van der Waals surface area (Å²) in [5, 5.41) is 16.6. The van der Waals surface area contributed by atoms with Crippen LogP contribution in [-0.2, 0) is 14.4 Å². The van der Waals surface area contributed by atoms with Crippen LogP contribution >= 0.6 is 0 Å². The van der Waals surface area contributed by atoms with Crippen LogP contribution in [0, 0.1) is 10.1 Å². The summed E-state index contributed by atoms with van der Waals surface area (Å²) in [6, 6.07) is -0.854. The molecule has 2 aliphatic rings. The van der Waals surface area contributed by atoms with Gasteiger partial charge in [-0.2, -0.15) is 5.01 Å². The van der Waals surface area contributed by atoms with Gasteiger partial charge in [0.05, 0.1) is 11.3 Å². The second-order valence-electron chi connectivity index (χ2n) is 6.85. The molecular formula is C13H19N4O6-. The van der Waals surface area contributed by atoms with E-state index in [1.807, 2.05) is 0 Å². The highest BCUT2D eigenvalue weighted by Crippen LogP contribution is 2.42. The minimum absolute atomic E-state index is 0.0586. The third-order valence-electron chi connectivity index (χ3n) is 4.33.